The average molecular weight is 439 g/mol. The lowest BCUT2D eigenvalue weighted by Gasteiger charge is -2.21. The number of nitrogens with one attached hydrogen (secondary N) is 1. The van der Waals surface area contributed by atoms with Crippen molar-refractivity contribution in [1.29, 1.82) is 0 Å². The SMILES string of the molecule is CS(=O)(=O)N1CCCC1C(=O)NCc1ccccc1-c1ccc(Cn2cccn2)cc1. The van der Waals surface area contributed by atoms with E-state index in [1.165, 1.54) is 4.31 Å². The monoisotopic (exact) mass is 438 g/mol. The molecular formula is C23H26N4O3S. The molecule has 8 heteroatoms. The second-order valence-electron chi connectivity index (χ2n) is 7.81. The third-order valence-electron chi connectivity index (χ3n) is 5.57. The molecule has 1 saturated heterocycles. The van der Waals surface area contributed by atoms with Crippen LogP contribution in [0.4, 0.5) is 0 Å². The summed E-state index contributed by atoms with van der Waals surface area (Å²) in [5, 5.41) is 7.17. The molecule has 1 atom stereocenters. The second-order valence-corrected chi connectivity index (χ2v) is 9.74. The number of carbonyl (C=O) groups is 1. The zero-order valence-electron chi connectivity index (χ0n) is 17.4. The van der Waals surface area contributed by atoms with Crippen LogP contribution in [0.2, 0.25) is 0 Å². The van der Waals surface area contributed by atoms with Crippen LogP contribution in [-0.2, 0) is 27.9 Å². The van der Waals surface area contributed by atoms with Crippen molar-refractivity contribution < 1.29 is 13.2 Å². The van der Waals surface area contributed by atoms with Gasteiger partial charge in [0.1, 0.15) is 6.04 Å². The van der Waals surface area contributed by atoms with Crippen molar-refractivity contribution >= 4 is 15.9 Å². The van der Waals surface area contributed by atoms with Crippen LogP contribution in [0.25, 0.3) is 11.1 Å². The molecule has 0 bridgehead atoms. The molecule has 2 heterocycles. The Kier molecular flexibility index (Phi) is 6.20. The molecule has 2 aromatic carbocycles. The summed E-state index contributed by atoms with van der Waals surface area (Å²) in [6, 6.07) is 17.5. The van der Waals surface area contributed by atoms with E-state index in [0.717, 1.165) is 28.5 Å². The van der Waals surface area contributed by atoms with Crippen molar-refractivity contribution in [3.8, 4) is 11.1 Å². The fraction of sp³-hybridized carbons (Fsp3) is 0.304. The van der Waals surface area contributed by atoms with E-state index in [9.17, 15) is 13.2 Å². The van der Waals surface area contributed by atoms with Gasteiger partial charge in [-0.25, -0.2) is 8.42 Å². The summed E-state index contributed by atoms with van der Waals surface area (Å²) in [4.78, 5) is 12.7. The topological polar surface area (TPSA) is 84.3 Å². The van der Waals surface area contributed by atoms with Crippen LogP contribution in [0.1, 0.15) is 24.0 Å². The van der Waals surface area contributed by atoms with Crippen molar-refractivity contribution in [1.82, 2.24) is 19.4 Å². The summed E-state index contributed by atoms with van der Waals surface area (Å²) < 4.78 is 27.0. The van der Waals surface area contributed by atoms with E-state index in [1.807, 2.05) is 41.2 Å². The zero-order chi connectivity index (χ0) is 21.8. The Morgan fingerprint density at radius 3 is 2.61 bits per heavy atom. The van der Waals surface area contributed by atoms with Crippen LogP contribution in [-0.4, -0.2) is 47.3 Å². The van der Waals surface area contributed by atoms with Crippen molar-refractivity contribution in [2.24, 2.45) is 0 Å². The van der Waals surface area contributed by atoms with Crippen LogP contribution in [0.3, 0.4) is 0 Å². The van der Waals surface area contributed by atoms with Crippen LogP contribution in [0.5, 0.6) is 0 Å². The number of sulfonamides is 1. The number of hydrogen-bond acceptors (Lipinski definition) is 4. The second kappa shape index (κ2) is 9.03. The molecule has 1 unspecified atom stereocenters. The first kappa shape index (κ1) is 21.3. The van der Waals surface area contributed by atoms with E-state index < -0.39 is 16.1 Å². The summed E-state index contributed by atoms with van der Waals surface area (Å²) in [6.07, 6.45) is 6.11. The largest absolute Gasteiger partial charge is 0.351 e. The van der Waals surface area contributed by atoms with Gasteiger partial charge in [0, 0.05) is 25.5 Å². The first-order chi connectivity index (χ1) is 14.9. The van der Waals surface area contributed by atoms with Gasteiger partial charge in [0.15, 0.2) is 0 Å². The number of benzene rings is 2. The minimum Gasteiger partial charge on any atom is -0.351 e. The van der Waals surface area contributed by atoms with Gasteiger partial charge in [-0.15, -0.1) is 0 Å². The molecule has 1 aromatic heterocycles. The molecule has 0 aliphatic carbocycles. The molecule has 7 nitrogen and oxygen atoms in total. The first-order valence-corrected chi connectivity index (χ1v) is 12.2. The summed E-state index contributed by atoms with van der Waals surface area (Å²) in [5.41, 5.74) is 4.24. The highest BCUT2D eigenvalue weighted by atomic mass is 32.2. The Labute approximate surface area is 182 Å². The Bertz CT molecular complexity index is 1140. The van der Waals surface area contributed by atoms with Crippen LogP contribution in [0.15, 0.2) is 67.0 Å². The molecule has 1 aliphatic rings. The number of aromatic nitrogens is 2. The number of carbonyl (C=O) groups excluding carboxylic acids is 1. The standard InChI is InChI=1S/C23H26N4O3S/c1-31(29,30)27-15-4-8-22(27)23(28)24-16-20-6-2-3-7-21(20)19-11-9-18(10-12-19)17-26-14-5-13-25-26/h2-3,5-7,9-14,22H,4,8,15-17H2,1H3,(H,24,28). The molecule has 0 spiro atoms. The van der Waals surface area contributed by atoms with Gasteiger partial charge in [-0.2, -0.15) is 9.40 Å². The van der Waals surface area contributed by atoms with Crippen molar-refractivity contribution in [3.63, 3.8) is 0 Å². The fourth-order valence-electron chi connectivity index (χ4n) is 4.03. The maximum atomic E-state index is 12.7. The third kappa shape index (κ3) is 5.03. The molecular weight excluding hydrogens is 412 g/mol. The quantitative estimate of drug-likeness (QED) is 0.615. The highest BCUT2D eigenvalue weighted by Crippen LogP contribution is 2.25. The Morgan fingerprint density at radius 2 is 1.90 bits per heavy atom. The molecule has 31 heavy (non-hydrogen) atoms. The van der Waals surface area contributed by atoms with Crippen LogP contribution in [0, 0.1) is 0 Å². The van der Waals surface area contributed by atoms with Crippen molar-refractivity contribution in [2.75, 3.05) is 12.8 Å². The van der Waals surface area contributed by atoms with Gasteiger partial charge in [0.2, 0.25) is 15.9 Å². The third-order valence-corrected chi connectivity index (χ3v) is 6.86. The number of rotatable bonds is 7. The fourth-order valence-corrected chi connectivity index (χ4v) is 5.15. The molecule has 1 N–H and O–H groups in total. The van der Waals surface area contributed by atoms with Crippen molar-refractivity contribution in [2.45, 2.75) is 32.0 Å². The predicted octanol–water partition coefficient (Wildman–Crippen LogP) is 2.64. The maximum Gasteiger partial charge on any atom is 0.238 e. The van der Waals surface area contributed by atoms with E-state index in [4.69, 9.17) is 0 Å². The molecule has 1 aliphatic heterocycles. The lowest BCUT2D eigenvalue weighted by molar-refractivity contribution is -0.124. The molecule has 4 rings (SSSR count). The van der Waals surface area contributed by atoms with E-state index in [2.05, 4.69) is 34.7 Å². The van der Waals surface area contributed by atoms with Crippen LogP contribution >= 0.6 is 0 Å². The minimum atomic E-state index is -3.39. The summed E-state index contributed by atoms with van der Waals surface area (Å²) in [7, 11) is -3.39. The lowest BCUT2D eigenvalue weighted by atomic mass is 9.98. The van der Waals surface area contributed by atoms with E-state index >= 15 is 0 Å². The minimum absolute atomic E-state index is 0.243. The Morgan fingerprint density at radius 1 is 1.13 bits per heavy atom. The number of amides is 1. The lowest BCUT2D eigenvalue weighted by Crippen LogP contribution is -2.45. The summed E-state index contributed by atoms with van der Waals surface area (Å²) in [5.74, 6) is -0.243. The highest BCUT2D eigenvalue weighted by molar-refractivity contribution is 7.88. The summed E-state index contributed by atoms with van der Waals surface area (Å²) >= 11 is 0. The van der Waals surface area contributed by atoms with Gasteiger partial charge in [-0.1, -0.05) is 48.5 Å². The van der Waals surface area contributed by atoms with E-state index in [1.54, 1.807) is 6.20 Å². The number of nitrogens with zero attached hydrogens (tertiary/aromatic N) is 3. The molecule has 3 aromatic rings. The molecule has 162 valence electrons. The number of hydrogen-bond donors (Lipinski definition) is 1. The van der Waals surface area contributed by atoms with Gasteiger partial charge < -0.3 is 5.32 Å². The van der Waals surface area contributed by atoms with Crippen molar-refractivity contribution in [3.05, 3.63) is 78.1 Å². The average Bonchev–Trinajstić information content (AvgIpc) is 3.45. The zero-order valence-corrected chi connectivity index (χ0v) is 18.3. The van der Waals surface area contributed by atoms with Gasteiger partial charge in [-0.3, -0.25) is 9.48 Å². The molecule has 1 amide bonds. The van der Waals surface area contributed by atoms with E-state index in [0.29, 0.717) is 32.5 Å². The normalized spacial score (nSPS) is 17.0. The highest BCUT2D eigenvalue weighted by Gasteiger charge is 2.36. The van der Waals surface area contributed by atoms with Gasteiger partial charge in [0.25, 0.3) is 0 Å². The Balaban J connectivity index is 1.46. The molecule has 0 saturated carbocycles. The maximum absolute atomic E-state index is 12.7. The molecule has 0 radical (unpaired) electrons. The summed E-state index contributed by atoms with van der Waals surface area (Å²) in [6.45, 7) is 1.46. The molecule has 1 fully saturated rings. The Hall–Kier alpha value is -2.97. The van der Waals surface area contributed by atoms with Gasteiger partial charge in [0.05, 0.1) is 12.8 Å². The van der Waals surface area contributed by atoms with Crippen LogP contribution < -0.4 is 5.32 Å². The van der Waals surface area contributed by atoms with Gasteiger partial charge >= 0.3 is 0 Å². The van der Waals surface area contributed by atoms with Gasteiger partial charge in [-0.05, 0) is 41.2 Å². The first-order valence-electron chi connectivity index (χ1n) is 10.3. The predicted molar refractivity (Wildman–Crippen MR) is 120 cm³/mol. The van der Waals surface area contributed by atoms with E-state index in [-0.39, 0.29) is 5.91 Å². The smallest absolute Gasteiger partial charge is 0.238 e.